The number of rotatable bonds is 8. The van der Waals surface area contributed by atoms with Gasteiger partial charge in [0.05, 0.1) is 0 Å². The Labute approximate surface area is 157 Å². The standard InChI is InChI=1S/C20H20O4P2/c1-15-8-3-5-12-19(15)23-25-21-17-10-7-11-18(14-17)22-26-24-20-13-6-4-9-16(20)2/h3-14,25-26H,1-2H3. The maximum Gasteiger partial charge on any atom is 0.275 e. The van der Waals surface area contributed by atoms with E-state index in [1.54, 1.807) is 0 Å². The molecule has 134 valence electrons. The number of aryl methyl sites for hydroxylation is 2. The zero-order valence-corrected chi connectivity index (χ0v) is 16.6. The monoisotopic (exact) mass is 386 g/mol. The van der Waals surface area contributed by atoms with Gasteiger partial charge in [0.25, 0.3) is 18.1 Å². The molecule has 2 atom stereocenters. The minimum atomic E-state index is -0.127. The Bertz CT molecular complexity index is 788. The smallest absolute Gasteiger partial charge is 0.275 e. The Balaban J connectivity index is 1.48. The average molecular weight is 386 g/mol. The van der Waals surface area contributed by atoms with Gasteiger partial charge in [0.2, 0.25) is 0 Å². The zero-order valence-electron chi connectivity index (χ0n) is 14.6. The van der Waals surface area contributed by atoms with Crippen LogP contribution < -0.4 is 18.1 Å². The maximum absolute atomic E-state index is 5.68. The van der Waals surface area contributed by atoms with Gasteiger partial charge in [0, 0.05) is 6.07 Å². The molecule has 3 rings (SSSR count). The molecule has 0 spiro atoms. The molecule has 6 heteroatoms. The second-order valence-corrected chi connectivity index (χ2v) is 6.73. The quantitative estimate of drug-likeness (QED) is 0.430. The third-order valence-electron chi connectivity index (χ3n) is 3.61. The van der Waals surface area contributed by atoms with E-state index in [1.807, 2.05) is 86.6 Å². The van der Waals surface area contributed by atoms with Crippen LogP contribution in [-0.4, -0.2) is 0 Å². The Morgan fingerprint density at radius 3 is 1.46 bits per heavy atom. The molecule has 0 aliphatic heterocycles. The molecule has 2 unspecified atom stereocenters. The third-order valence-corrected chi connectivity index (χ3v) is 4.86. The van der Waals surface area contributed by atoms with Crippen molar-refractivity contribution < 1.29 is 18.1 Å². The van der Waals surface area contributed by atoms with Crippen molar-refractivity contribution in [2.24, 2.45) is 0 Å². The summed E-state index contributed by atoms with van der Waals surface area (Å²) < 4.78 is 22.7. The molecule has 0 aliphatic carbocycles. The fourth-order valence-electron chi connectivity index (χ4n) is 2.17. The lowest BCUT2D eigenvalue weighted by molar-refractivity contribution is 0.501. The lowest BCUT2D eigenvalue weighted by Crippen LogP contribution is -1.89. The Kier molecular flexibility index (Phi) is 6.71. The van der Waals surface area contributed by atoms with Crippen LogP contribution in [0.2, 0.25) is 0 Å². The maximum atomic E-state index is 5.68. The van der Waals surface area contributed by atoms with E-state index in [2.05, 4.69) is 0 Å². The first-order valence-electron chi connectivity index (χ1n) is 8.11. The fraction of sp³-hybridized carbons (Fsp3) is 0.100. The summed E-state index contributed by atoms with van der Waals surface area (Å²) in [6, 6.07) is 23.1. The van der Waals surface area contributed by atoms with Crippen molar-refractivity contribution in [3.8, 4) is 23.0 Å². The average Bonchev–Trinajstić information content (AvgIpc) is 2.65. The van der Waals surface area contributed by atoms with E-state index < -0.39 is 0 Å². The molecule has 0 saturated carbocycles. The molecular formula is C20H20O4P2. The molecule has 3 aromatic carbocycles. The van der Waals surface area contributed by atoms with Crippen molar-refractivity contribution in [2.75, 3.05) is 0 Å². The molecule has 0 aromatic heterocycles. The van der Waals surface area contributed by atoms with E-state index in [-0.39, 0.29) is 18.1 Å². The minimum Gasteiger partial charge on any atom is -0.440 e. The highest BCUT2D eigenvalue weighted by Crippen LogP contribution is 2.32. The van der Waals surface area contributed by atoms with Crippen molar-refractivity contribution in [3.63, 3.8) is 0 Å². The van der Waals surface area contributed by atoms with Crippen molar-refractivity contribution in [2.45, 2.75) is 13.8 Å². The van der Waals surface area contributed by atoms with E-state index in [0.29, 0.717) is 11.5 Å². The first kappa shape index (κ1) is 18.5. The summed E-state index contributed by atoms with van der Waals surface area (Å²) >= 11 is 0. The molecule has 0 radical (unpaired) electrons. The second-order valence-electron chi connectivity index (χ2n) is 5.58. The van der Waals surface area contributed by atoms with Crippen molar-refractivity contribution in [3.05, 3.63) is 83.9 Å². The molecule has 0 fully saturated rings. The van der Waals surface area contributed by atoms with Gasteiger partial charge in [-0.2, -0.15) is 0 Å². The molecule has 0 bridgehead atoms. The van der Waals surface area contributed by atoms with E-state index in [4.69, 9.17) is 18.1 Å². The summed E-state index contributed by atoms with van der Waals surface area (Å²) in [6.45, 7) is 4.01. The predicted molar refractivity (Wildman–Crippen MR) is 108 cm³/mol. The fourth-order valence-corrected chi connectivity index (χ4v) is 3.34. The van der Waals surface area contributed by atoms with Gasteiger partial charge in [-0.15, -0.1) is 0 Å². The molecular weight excluding hydrogens is 366 g/mol. The van der Waals surface area contributed by atoms with Crippen LogP contribution in [0.3, 0.4) is 0 Å². The highest BCUT2D eigenvalue weighted by molar-refractivity contribution is 7.27. The Hall–Kier alpha value is -2.28. The van der Waals surface area contributed by atoms with Crippen molar-refractivity contribution in [1.82, 2.24) is 0 Å². The van der Waals surface area contributed by atoms with Gasteiger partial charge in [-0.25, -0.2) is 0 Å². The zero-order chi connectivity index (χ0) is 18.2. The summed E-state index contributed by atoms with van der Waals surface area (Å²) in [5.74, 6) is 3.03. The first-order chi connectivity index (χ1) is 12.7. The lowest BCUT2D eigenvalue weighted by atomic mass is 10.2. The number of hydrogen-bond acceptors (Lipinski definition) is 4. The molecule has 4 nitrogen and oxygen atoms in total. The van der Waals surface area contributed by atoms with Gasteiger partial charge < -0.3 is 18.1 Å². The van der Waals surface area contributed by atoms with Crippen LogP contribution in [0.1, 0.15) is 11.1 Å². The predicted octanol–water partition coefficient (Wildman–Crippen LogP) is 6.24. The van der Waals surface area contributed by atoms with Gasteiger partial charge in [-0.1, -0.05) is 42.5 Å². The van der Waals surface area contributed by atoms with Gasteiger partial charge in [0.1, 0.15) is 23.0 Å². The van der Waals surface area contributed by atoms with Crippen LogP contribution in [0.5, 0.6) is 23.0 Å². The molecule has 0 N–H and O–H groups in total. The van der Waals surface area contributed by atoms with Crippen LogP contribution in [0.25, 0.3) is 0 Å². The summed E-state index contributed by atoms with van der Waals surface area (Å²) in [7, 11) is -0.253. The van der Waals surface area contributed by atoms with E-state index >= 15 is 0 Å². The topological polar surface area (TPSA) is 36.9 Å². The number of hydrogen-bond donors (Lipinski definition) is 0. The van der Waals surface area contributed by atoms with Gasteiger partial charge in [0.15, 0.2) is 0 Å². The molecule has 0 saturated heterocycles. The van der Waals surface area contributed by atoms with Crippen LogP contribution in [0.15, 0.2) is 72.8 Å². The number of benzene rings is 3. The lowest BCUT2D eigenvalue weighted by Gasteiger charge is -2.11. The van der Waals surface area contributed by atoms with Gasteiger partial charge >= 0.3 is 0 Å². The van der Waals surface area contributed by atoms with Gasteiger partial charge in [-0.05, 0) is 49.2 Å². The minimum absolute atomic E-state index is 0.127. The Morgan fingerprint density at radius 2 is 1.00 bits per heavy atom. The SMILES string of the molecule is Cc1ccccc1OPOc1cccc(OPOc2ccccc2C)c1. The van der Waals surface area contributed by atoms with Crippen LogP contribution in [-0.2, 0) is 0 Å². The van der Waals surface area contributed by atoms with Crippen LogP contribution in [0.4, 0.5) is 0 Å². The first-order valence-corrected chi connectivity index (χ1v) is 9.74. The van der Waals surface area contributed by atoms with E-state index in [1.165, 1.54) is 0 Å². The molecule has 0 amide bonds. The summed E-state index contributed by atoms with van der Waals surface area (Å²) in [6.07, 6.45) is 0. The largest absolute Gasteiger partial charge is 0.440 e. The normalized spacial score (nSPS) is 11.2. The second kappa shape index (κ2) is 9.43. The molecule has 3 aromatic rings. The third kappa shape index (κ3) is 5.36. The summed E-state index contributed by atoms with van der Waals surface area (Å²) in [5, 5.41) is 0. The van der Waals surface area contributed by atoms with E-state index in [9.17, 15) is 0 Å². The van der Waals surface area contributed by atoms with E-state index in [0.717, 1.165) is 22.6 Å². The van der Waals surface area contributed by atoms with Crippen LogP contribution in [0, 0.1) is 13.8 Å². The summed E-state index contributed by atoms with van der Waals surface area (Å²) in [4.78, 5) is 0. The number of para-hydroxylation sites is 2. The van der Waals surface area contributed by atoms with Gasteiger partial charge in [-0.3, -0.25) is 0 Å². The van der Waals surface area contributed by atoms with Crippen molar-refractivity contribution in [1.29, 1.82) is 0 Å². The van der Waals surface area contributed by atoms with Crippen molar-refractivity contribution >= 4 is 18.1 Å². The van der Waals surface area contributed by atoms with Crippen LogP contribution >= 0.6 is 18.1 Å². The molecule has 26 heavy (non-hydrogen) atoms. The molecule has 0 heterocycles. The summed E-state index contributed by atoms with van der Waals surface area (Å²) in [5.41, 5.74) is 2.16. The highest BCUT2D eigenvalue weighted by Gasteiger charge is 2.03. The highest BCUT2D eigenvalue weighted by atomic mass is 31.1. The molecule has 0 aliphatic rings. The Morgan fingerprint density at radius 1 is 0.538 bits per heavy atom.